The fraction of sp³-hybridized carbons (Fsp3) is 0.467. The molecule has 2 N–H and O–H groups in total. The van der Waals surface area contributed by atoms with Gasteiger partial charge >= 0.3 is 5.97 Å². The molecule has 0 fully saturated rings. The second-order valence-corrected chi connectivity index (χ2v) is 4.97. The molecule has 4 nitrogen and oxygen atoms in total. The van der Waals surface area contributed by atoms with Crippen LogP contribution in [0.3, 0.4) is 0 Å². The quantitative estimate of drug-likeness (QED) is 0.828. The molecule has 0 aromatic heterocycles. The molecule has 1 aromatic rings. The van der Waals surface area contributed by atoms with Crippen molar-refractivity contribution in [3.05, 3.63) is 35.4 Å². The molecule has 0 radical (unpaired) electrons. The van der Waals surface area contributed by atoms with Gasteiger partial charge in [-0.1, -0.05) is 32.4 Å². The van der Waals surface area contributed by atoms with Crippen molar-refractivity contribution in [3.8, 4) is 0 Å². The van der Waals surface area contributed by atoms with E-state index in [-0.39, 0.29) is 22.6 Å². The van der Waals surface area contributed by atoms with E-state index in [1.807, 2.05) is 13.8 Å². The van der Waals surface area contributed by atoms with Gasteiger partial charge in [-0.3, -0.25) is 4.79 Å². The van der Waals surface area contributed by atoms with Crippen LogP contribution in [0.4, 0.5) is 0 Å². The van der Waals surface area contributed by atoms with Crippen LogP contribution in [-0.2, 0) is 0 Å². The Morgan fingerprint density at radius 1 is 1.21 bits per heavy atom. The third kappa shape index (κ3) is 3.81. The predicted molar refractivity (Wildman–Crippen MR) is 74.5 cm³/mol. The molecule has 0 heterocycles. The summed E-state index contributed by atoms with van der Waals surface area (Å²) in [6.45, 7) is 6.06. The van der Waals surface area contributed by atoms with Gasteiger partial charge in [0.15, 0.2) is 0 Å². The summed E-state index contributed by atoms with van der Waals surface area (Å²) < 4.78 is 0. The number of hydrogen-bond acceptors (Lipinski definition) is 2. The highest BCUT2D eigenvalue weighted by Gasteiger charge is 2.25. The minimum Gasteiger partial charge on any atom is -0.478 e. The van der Waals surface area contributed by atoms with Gasteiger partial charge in [0.2, 0.25) is 0 Å². The van der Waals surface area contributed by atoms with Crippen LogP contribution in [0.2, 0.25) is 0 Å². The molecule has 1 amide bonds. The molecule has 104 valence electrons. The van der Waals surface area contributed by atoms with Gasteiger partial charge in [-0.05, 0) is 31.9 Å². The Hall–Kier alpha value is -1.84. The topological polar surface area (TPSA) is 66.4 Å². The highest BCUT2D eigenvalue weighted by molar-refractivity contribution is 6.04. The summed E-state index contributed by atoms with van der Waals surface area (Å²) in [4.78, 5) is 23.4. The number of carbonyl (C=O) groups excluding carboxylic acids is 1. The molecule has 0 saturated heterocycles. The van der Waals surface area contributed by atoms with E-state index in [0.29, 0.717) is 0 Å². The standard InChI is InChI=1S/C15H21NO3/c1-4-10-15(3,5-2)16-13(17)11-8-6-7-9-12(11)14(18)19/h6-9H,4-5,10H2,1-3H3,(H,16,17)(H,18,19). The van der Waals surface area contributed by atoms with Crippen LogP contribution >= 0.6 is 0 Å². The van der Waals surface area contributed by atoms with Crippen molar-refractivity contribution in [2.45, 2.75) is 45.6 Å². The number of benzene rings is 1. The number of amides is 1. The summed E-state index contributed by atoms with van der Waals surface area (Å²) in [7, 11) is 0. The van der Waals surface area contributed by atoms with Gasteiger partial charge in [0.25, 0.3) is 5.91 Å². The smallest absolute Gasteiger partial charge is 0.336 e. The summed E-state index contributed by atoms with van der Waals surface area (Å²) in [6, 6.07) is 6.27. The van der Waals surface area contributed by atoms with Crippen molar-refractivity contribution in [2.24, 2.45) is 0 Å². The molecule has 0 aliphatic carbocycles. The molecule has 1 rings (SSSR count). The van der Waals surface area contributed by atoms with E-state index in [4.69, 9.17) is 5.11 Å². The molecule has 1 aromatic carbocycles. The van der Waals surface area contributed by atoms with E-state index in [1.165, 1.54) is 6.07 Å². The maximum atomic E-state index is 12.2. The van der Waals surface area contributed by atoms with E-state index in [0.717, 1.165) is 19.3 Å². The lowest BCUT2D eigenvalue weighted by Crippen LogP contribution is -2.45. The Kier molecular flexibility index (Phi) is 5.10. The van der Waals surface area contributed by atoms with Crippen molar-refractivity contribution in [3.63, 3.8) is 0 Å². The predicted octanol–water partition coefficient (Wildman–Crippen LogP) is 3.08. The molecular weight excluding hydrogens is 242 g/mol. The van der Waals surface area contributed by atoms with Crippen LogP contribution in [0, 0.1) is 0 Å². The molecule has 0 aliphatic rings. The highest BCUT2D eigenvalue weighted by Crippen LogP contribution is 2.18. The molecule has 0 spiro atoms. The zero-order chi connectivity index (χ0) is 14.5. The first kappa shape index (κ1) is 15.2. The first-order chi connectivity index (χ1) is 8.93. The Balaban J connectivity index is 2.98. The fourth-order valence-corrected chi connectivity index (χ4v) is 2.09. The zero-order valence-electron chi connectivity index (χ0n) is 11.7. The maximum Gasteiger partial charge on any atom is 0.336 e. The van der Waals surface area contributed by atoms with Gasteiger partial charge in [-0.15, -0.1) is 0 Å². The number of hydrogen-bond donors (Lipinski definition) is 2. The average Bonchev–Trinajstić information content (AvgIpc) is 2.38. The van der Waals surface area contributed by atoms with Crippen LogP contribution in [0.1, 0.15) is 60.7 Å². The largest absolute Gasteiger partial charge is 0.478 e. The van der Waals surface area contributed by atoms with Crippen LogP contribution in [0.5, 0.6) is 0 Å². The number of carboxylic acids is 1. The number of carbonyl (C=O) groups is 2. The van der Waals surface area contributed by atoms with Crippen LogP contribution in [0.25, 0.3) is 0 Å². The third-order valence-corrected chi connectivity index (χ3v) is 3.40. The Labute approximate surface area is 113 Å². The van der Waals surface area contributed by atoms with Gasteiger partial charge in [-0.25, -0.2) is 4.79 Å². The summed E-state index contributed by atoms with van der Waals surface area (Å²) in [5.74, 6) is -1.41. The summed E-state index contributed by atoms with van der Waals surface area (Å²) >= 11 is 0. The SMILES string of the molecule is CCCC(C)(CC)NC(=O)c1ccccc1C(=O)O. The Bertz CT molecular complexity index is 470. The summed E-state index contributed by atoms with van der Waals surface area (Å²) in [5.41, 5.74) is -0.0435. The lowest BCUT2D eigenvalue weighted by Gasteiger charge is -2.29. The number of carboxylic acid groups (broad SMARTS) is 1. The van der Waals surface area contributed by atoms with Crippen molar-refractivity contribution in [1.29, 1.82) is 0 Å². The molecule has 1 unspecified atom stereocenters. The van der Waals surface area contributed by atoms with Gasteiger partial charge in [0.05, 0.1) is 11.1 Å². The summed E-state index contributed by atoms with van der Waals surface area (Å²) in [5, 5.41) is 12.0. The Morgan fingerprint density at radius 2 is 1.79 bits per heavy atom. The van der Waals surface area contributed by atoms with Crippen LogP contribution in [-0.4, -0.2) is 22.5 Å². The lowest BCUT2D eigenvalue weighted by atomic mass is 9.92. The highest BCUT2D eigenvalue weighted by atomic mass is 16.4. The van der Waals surface area contributed by atoms with E-state index in [9.17, 15) is 9.59 Å². The van der Waals surface area contributed by atoms with Gasteiger partial charge in [-0.2, -0.15) is 0 Å². The fourth-order valence-electron chi connectivity index (χ4n) is 2.09. The normalized spacial score (nSPS) is 13.6. The van der Waals surface area contributed by atoms with E-state index >= 15 is 0 Å². The lowest BCUT2D eigenvalue weighted by molar-refractivity contribution is 0.0689. The van der Waals surface area contributed by atoms with Gasteiger partial charge in [0, 0.05) is 5.54 Å². The van der Waals surface area contributed by atoms with Gasteiger partial charge < -0.3 is 10.4 Å². The number of nitrogens with one attached hydrogen (secondary N) is 1. The molecule has 1 atom stereocenters. The van der Waals surface area contributed by atoms with Gasteiger partial charge in [0.1, 0.15) is 0 Å². The molecule has 0 bridgehead atoms. The van der Waals surface area contributed by atoms with Crippen molar-refractivity contribution < 1.29 is 14.7 Å². The van der Waals surface area contributed by atoms with Crippen molar-refractivity contribution >= 4 is 11.9 Å². The Morgan fingerprint density at radius 3 is 2.26 bits per heavy atom. The molecule has 4 heteroatoms. The van der Waals surface area contributed by atoms with E-state index in [1.54, 1.807) is 18.2 Å². The minimum absolute atomic E-state index is 0.0370. The first-order valence-corrected chi connectivity index (χ1v) is 6.58. The van der Waals surface area contributed by atoms with Crippen molar-refractivity contribution in [1.82, 2.24) is 5.32 Å². The maximum absolute atomic E-state index is 12.2. The number of rotatable bonds is 6. The van der Waals surface area contributed by atoms with Crippen LogP contribution < -0.4 is 5.32 Å². The third-order valence-electron chi connectivity index (χ3n) is 3.40. The number of aromatic carboxylic acids is 1. The molecular formula is C15H21NO3. The summed E-state index contributed by atoms with van der Waals surface area (Å²) in [6.07, 6.45) is 2.64. The van der Waals surface area contributed by atoms with E-state index in [2.05, 4.69) is 12.2 Å². The minimum atomic E-state index is -1.08. The molecule has 0 aliphatic heterocycles. The first-order valence-electron chi connectivity index (χ1n) is 6.58. The molecule has 19 heavy (non-hydrogen) atoms. The monoisotopic (exact) mass is 263 g/mol. The second kappa shape index (κ2) is 6.36. The zero-order valence-corrected chi connectivity index (χ0v) is 11.7. The average molecular weight is 263 g/mol. The van der Waals surface area contributed by atoms with Crippen molar-refractivity contribution in [2.75, 3.05) is 0 Å². The van der Waals surface area contributed by atoms with E-state index < -0.39 is 5.97 Å². The molecule has 0 saturated carbocycles. The second-order valence-electron chi connectivity index (χ2n) is 4.97. The van der Waals surface area contributed by atoms with Crippen LogP contribution in [0.15, 0.2) is 24.3 Å².